The molecule has 1 fully saturated rings. The highest BCUT2D eigenvalue weighted by atomic mass is 32.2. The van der Waals surface area contributed by atoms with E-state index in [0.717, 1.165) is 34.8 Å². The third kappa shape index (κ3) is 3.22. The molecule has 1 aliphatic rings. The van der Waals surface area contributed by atoms with Crippen molar-refractivity contribution in [1.82, 2.24) is 4.31 Å². The number of nitro benzene ring substituents is 1. The van der Waals surface area contributed by atoms with E-state index in [1.165, 1.54) is 0 Å². The average Bonchev–Trinajstić information content (AvgIpc) is 2.89. The number of hydrogen-bond donors (Lipinski definition) is 0. The molecular formula is C11H14N2O6S2. The van der Waals surface area contributed by atoms with Crippen molar-refractivity contribution in [2.75, 3.05) is 19.3 Å². The van der Waals surface area contributed by atoms with Crippen LogP contribution in [0.4, 0.5) is 5.69 Å². The molecule has 1 aromatic carbocycles. The Morgan fingerprint density at radius 1 is 1.19 bits per heavy atom. The van der Waals surface area contributed by atoms with Crippen LogP contribution in [-0.4, -0.2) is 50.7 Å². The van der Waals surface area contributed by atoms with E-state index in [4.69, 9.17) is 0 Å². The van der Waals surface area contributed by atoms with Gasteiger partial charge in [0.2, 0.25) is 10.0 Å². The largest absolute Gasteiger partial charge is 0.269 e. The minimum absolute atomic E-state index is 0.0812. The molecule has 0 bridgehead atoms. The van der Waals surface area contributed by atoms with Gasteiger partial charge < -0.3 is 0 Å². The van der Waals surface area contributed by atoms with Crippen LogP contribution >= 0.6 is 0 Å². The summed E-state index contributed by atoms with van der Waals surface area (Å²) in [5.41, 5.74) is -0.204. The van der Waals surface area contributed by atoms with Gasteiger partial charge in [-0.25, -0.2) is 16.8 Å². The van der Waals surface area contributed by atoms with Crippen molar-refractivity contribution in [2.24, 2.45) is 0 Å². The van der Waals surface area contributed by atoms with Crippen LogP contribution in [-0.2, 0) is 19.9 Å². The molecule has 0 amide bonds. The van der Waals surface area contributed by atoms with Crippen molar-refractivity contribution >= 4 is 25.5 Å². The summed E-state index contributed by atoms with van der Waals surface area (Å²) in [6, 6.07) is 4.52. The number of nitrogens with zero attached hydrogens (tertiary/aromatic N) is 2. The van der Waals surface area contributed by atoms with Gasteiger partial charge in [0.1, 0.15) is 0 Å². The Labute approximate surface area is 122 Å². The molecule has 116 valence electrons. The fraction of sp³-hybridized carbons (Fsp3) is 0.455. The van der Waals surface area contributed by atoms with Gasteiger partial charge in [0.05, 0.1) is 15.1 Å². The fourth-order valence-corrected chi connectivity index (χ4v) is 4.73. The number of sulfonamides is 1. The zero-order chi connectivity index (χ0) is 15.8. The summed E-state index contributed by atoms with van der Waals surface area (Å²) >= 11 is 0. The second kappa shape index (κ2) is 5.35. The molecule has 1 unspecified atom stereocenters. The quantitative estimate of drug-likeness (QED) is 0.581. The summed E-state index contributed by atoms with van der Waals surface area (Å²) in [5, 5.41) is 9.85. The zero-order valence-electron chi connectivity index (χ0n) is 11.2. The van der Waals surface area contributed by atoms with Crippen LogP contribution in [0.3, 0.4) is 0 Å². The van der Waals surface area contributed by atoms with E-state index in [0.29, 0.717) is 0 Å². The first kappa shape index (κ1) is 15.9. The van der Waals surface area contributed by atoms with Crippen molar-refractivity contribution in [2.45, 2.75) is 16.6 Å². The SMILES string of the molecule is CS(=O)(=O)C1CCN(S(=O)(=O)c2ccc([N+](=O)[O-])cc2)C1. The lowest BCUT2D eigenvalue weighted by Crippen LogP contribution is -2.31. The number of benzene rings is 1. The molecule has 0 aliphatic carbocycles. The maximum atomic E-state index is 12.3. The van der Waals surface area contributed by atoms with E-state index < -0.39 is 30.0 Å². The molecule has 1 atom stereocenters. The van der Waals surface area contributed by atoms with Crippen molar-refractivity contribution in [3.05, 3.63) is 34.4 Å². The van der Waals surface area contributed by atoms with Crippen molar-refractivity contribution in [3.8, 4) is 0 Å². The van der Waals surface area contributed by atoms with Crippen molar-refractivity contribution < 1.29 is 21.8 Å². The highest BCUT2D eigenvalue weighted by molar-refractivity contribution is 7.91. The first-order chi connectivity index (χ1) is 9.62. The predicted molar refractivity (Wildman–Crippen MR) is 75.1 cm³/mol. The monoisotopic (exact) mass is 334 g/mol. The molecular weight excluding hydrogens is 320 g/mol. The van der Waals surface area contributed by atoms with Gasteiger partial charge in [-0.15, -0.1) is 0 Å². The van der Waals surface area contributed by atoms with E-state index in [1.54, 1.807) is 0 Å². The third-order valence-corrected chi connectivity index (χ3v) is 6.87. The summed E-state index contributed by atoms with van der Waals surface area (Å²) in [4.78, 5) is 9.85. The maximum absolute atomic E-state index is 12.3. The van der Waals surface area contributed by atoms with Crippen LogP contribution in [0.15, 0.2) is 29.2 Å². The van der Waals surface area contributed by atoms with Gasteiger partial charge in [-0.3, -0.25) is 10.1 Å². The summed E-state index contributed by atoms with van der Waals surface area (Å²) in [5.74, 6) is 0. The molecule has 21 heavy (non-hydrogen) atoms. The Kier molecular flexibility index (Phi) is 4.04. The molecule has 1 aromatic rings. The number of hydrogen-bond acceptors (Lipinski definition) is 6. The molecule has 2 rings (SSSR count). The molecule has 8 nitrogen and oxygen atoms in total. The van der Waals surface area contributed by atoms with Gasteiger partial charge in [0.25, 0.3) is 5.69 Å². The Morgan fingerprint density at radius 3 is 2.19 bits per heavy atom. The highest BCUT2D eigenvalue weighted by Crippen LogP contribution is 2.25. The van der Waals surface area contributed by atoms with E-state index in [1.807, 2.05) is 0 Å². The lowest BCUT2D eigenvalue weighted by Gasteiger charge is -2.16. The van der Waals surface area contributed by atoms with Crippen LogP contribution in [0.25, 0.3) is 0 Å². The van der Waals surface area contributed by atoms with Crippen LogP contribution < -0.4 is 0 Å². The molecule has 10 heteroatoms. The smallest absolute Gasteiger partial charge is 0.258 e. The van der Waals surface area contributed by atoms with Gasteiger partial charge in [-0.1, -0.05) is 0 Å². The Morgan fingerprint density at radius 2 is 1.76 bits per heavy atom. The molecule has 0 saturated carbocycles. The topological polar surface area (TPSA) is 115 Å². The minimum atomic E-state index is -3.83. The van der Waals surface area contributed by atoms with E-state index in [-0.39, 0.29) is 30.1 Å². The van der Waals surface area contributed by atoms with Crippen LogP contribution in [0.2, 0.25) is 0 Å². The standard InChI is InChI=1S/C11H14N2O6S2/c1-20(16,17)11-6-7-12(8-11)21(18,19)10-4-2-9(3-5-10)13(14)15/h2-5,11H,6-8H2,1H3. The Hall–Kier alpha value is -1.52. The normalized spacial score (nSPS) is 20.5. The van der Waals surface area contributed by atoms with Gasteiger partial charge in [-0.2, -0.15) is 4.31 Å². The highest BCUT2D eigenvalue weighted by Gasteiger charge is 2.37. The second-order valence-corrected chi connectivity index (χ2v) is 9.12. The van der Waals surface area contributed by atoms with Crippen molar-refractivity contribution in [3.63, 3.8) is 0 Å². The summed E-state index contributed by atoms with van der Waals surface area (Å²) in [6.45, 7) is 0.0369. The van der Waals surface area contributed by atoms with Crippen molar-refractivity contribution in [1.29, 1.82) is 0 Å². The molecule has 0 spiro atoms. The molecule has 0 aromatic heterocycles. The van der Waals surface area contributed by atoms with Gasteiger partial charge >= 0.3 is 0 Å². The number of rotatable bonds is 4. The Bertz CT molecular complexity index is 754. The predicted octanol–water partition coefficient (Wildman–Crippen LogP) is 0.402. The molecule has 0 radical (unpaired) electrons. The van der Waals surface area contributed by atoms with E-state index >= 15 is 0 Å². The fourth-order valence-electron chi connectivity index (χ4n) is 2.15. The Balaban J connectivity index is 2.25. The molecule has 0 N–H and O–H groups in total. The first-order valence-electron chi connectivity index (χ1n) is 6.06. The average molecular weight is 334 g/mol. The number of nitro groups is 1. The summed E-state index contributed by atoms with van der Waals surface area (Å²) < 4.78 is 48.7. The summed E-state index contributed by atoms with van der Waals surface area (Å²) in [6.07, 6.45) is 1.34. The van der Waals surface area contributed by atoms with Gasteiger partial charge in [-0.05, 0) is 18.6 Å². The van der Waals surface area contributed by atoms with E-state index in [9.17, 15) is 26.9 Å². The molecule has 1 saturated heterocycles. The number of sulfone groups is 1. The second-order valence-electron chi connectivity index (χ2n) is 4.85. The maximum Gasteiger partial charge on any atom is 0.269 e. The van der Waals surface area contributed by atoms with Crippen LogP contribution in [0, 0.1) is 10.1 Å². The zero-order valence-corrected chi connectivity index (χ0v) is 12.8. The van der Waals surface area contributed by atoms with Gasteiger partial charge in [0, 0.05) is 31.5 Å². The third-order valence-electron chi connectivity index (χ3n) is 3.40. The lowest BCUT2D eigenvalue weighted by atomic mass is 10.3. The van der Waals surface area contributed by atoms with Crippen LogP contribution in [0.5, 0.6) is 0 Å². The van der Waals surface area contributed by atoms with Gasteiger partial charge in [0.15, 0.2) is 9.84 Å². The molecule has 1 heterocycles. The minimum Gasteiger partial charge on any atom is -0.258 e. The lowest BCUT2D eigenvalue weighted by molar-refractivity contribution is -0.384. The number of non-ortho nitro benzene ring substituents is 1. The molecule has 1 aliphatic heterocycles. The van der Waals surface area contributed by atoms with Crippen LogP contribution in [0.1, 0.15) is 6.42 Å². The van der Waals surface area contributed by atoms with E-state index in [2.05, 4.69) is 0 Å². The summed E-state index contributed by atoms with van der Waals surface area (Å²) in [7, 11) is -7.12. The first-order valence-corrected chi connectivity index (χ1v) is 9.45.